The molecule has 180 valence electrons. The molecule has 0 spiro atoms. The van der Waals surface area contributed by atoms with E-state index < -0.39 is 23.5 Å². The van der Waals surface area contributed by atoms with Crippen molar-refractivity contribution in [1.82, 2.24) is 9.78 Å². The van der Waals surface area contributed by atoms with Gasteiger partial charge in [-0.2, -0.15) is 9.67 Å². The van der Waals surface area contributed by atoms with Crippen molar-refractivity contribution in [2.45, 2.75) is 27.7 Å². The molecule has 2 aromatic carbocycles. The number of carbonyl (C=O) groups excluding carboxylic acids is 2. The lowest BCUT2D eigenvalue weighted by molar-refractivity contribution is -0.577. The van der Waals surface area contributed by atoms with Crippen LogP contribution < -0.4 is 14.6 Å². The van der Waals surface area contributed by atoms with Gasteiger partial charge in [0.15, 0.2) is 12.4 Å². The first kappa shape index (κ1) is 23.2. The highest BCUT2D eigenvalue weighted by Gasteiger charge is 2.47. The van der Waals surface area contributed by atoms with Gasteiger partial charge in [0.1, 0.15) is 11.4 Å². The maximum atomic E-state index is 13.8. The van der Waals surface area contributed by atoms with Gasteiger partial charge in [0.2, 0.25) is 0 Å². The minimum atomic E-state index is -0.670. The molecule has 7 nitrogen and oxygen atoms in total. The van der Waals surface area contributed by atoms with Crippen molar-refractivity contribution in [1.29, 1.82) is 0 Å². The lowest BCUT2D eigenvalue weighted by Gasteiger charge is -2.16. The molecule has 1 aliphatic rings. The first-order valence-corrected chi connectivity index (χ1v) is 11.4. The van der Waals surface area contributed by atoms with Crippen LogP contribution >= 0.6 is 0 Å². The van der Waals surface area contributed by atoms with E-state index in [0.29, 0.717) is 11.4 Å². The van der Waals surface area contributed by atoms with Gasteiger partial charge in [-0.3, -0.25) is 9.59 Å². The van der Waals surface area contributed by atoms with Crippen LogP contribution in [0.5, 0.6) is 5.88 Å². The van der Waals surface area contributed by atoms with E-state index in [0.717, 1.165) is 21.6 Å². The summed E-state index contributed by atoms with van der Waals surface area (Å²) >= 11 is 0. The smallest absolute Gasteiger partial charge is 0.331 e. The van der Waals surface area contributed by atoms with Gasteiger partial charge in [0.05, 0.1) is 17.1 Å². The predicted molar refractivity (Wildman–Crippen MR) is 131 cm³/mol. The fourth-order valence-corrected chi connectivity index (χ4v) is 4.54. The van der Waals surface area contributed by atoms with Gasteiger partial charge in [-0.15, -0.1) is 0 Å². The van der Waals surface area contributed by atoms with Crippen molar-refractivity contribution in [3.63, 3.8) is 0 Å². The molecule has 4 aromatic rings. The topological polar surface area (TPSA) is 82.1 Å². The van der Waals surface area contributed by atoms with E-state index >= 15 is 0 Å². The summed E-state index contributed by atoms with van der Waals surface area (Å²) in [6, 6.07) is 14.3. The number of halogens is 1. The van der Waals surface area contributed by atoms with E-state index in [1.807, 2.05) is 39.0 Å². The van der Waals surface area contributed by atoms with Gasteiger partial charge in [0.25, 0.3) is 11.6 Å². The Hall–Kier alpha value is -4.59. The number of anilines is 1. The lowest BCUT2D eigenvalue weighted by Crippen LogP contribution is -2.39. The van der Waals surface area contributed by atoms with Crippen LogP contribution in [0, 0.1) is 33.5 Å². The number of amides is 2. The highest BCUT2D eigenvalue weighted by Crippen LogP contribution is 2.38. The Bertz CT molecular complexity index is 1590. The molecule has 0 aliphatic carbocycles. The second kappa shape index (κ2) is 8.57. The quantitative estimate of drug-likeness (QED) is 0.329. The molecule has 2 amide bonds. The lowest BCUT2D eigenvalue weighted by atomic mass is 10.0. The first-order chi connectivity index (χ1) is 17.2. The molecule has 0 bridgehead atoms. The van der Waals surface area contributed by atoms with E-state index in [4.69, 9.17) is 0 Å². The van der Waals surface area contributed by atoms with E-state index in [1.54, 1.807) is 36.0 Å². The number of aryl methyl sites for hydroxylation is 4. The molecule has 0 N–H and O–H groups in total. The summed E-state index contributed by atoms with van der Waals surface area (Å²) in [6.45, 7) is 7.34. The SMILES string of the molecule is Cc1ccc(-n2nc(C)c(C3=C([n+]4cccc(C)c4)C(=O)N(c4ccc(F)cc4)C3=O)c2[O-])c(C)c1. The second-order valence-corrected chi connectivity index (χ2v) is 8.90. The van der Waals surface area contributed by atoms with Crippen LogP contribution in [0.15, 0.2) is 67.0 Å². The molecule has 0 unspecified atom stereocenters. The zero-order chi connectivity index (χ0) is 25.7. The third-order valence-electron chi connectivity index (χ3n) is 6.20. The number of hydrogen-bond acceptors (Lipinski definition) is 4. The Morgan fingerprint density at radius 2 is 1.64 bits per heavy atom. The van der Waals surface area contributed by atoms with Gasteiger partial charge >= 0.3 is 5.91 Å². The number of carbonyl (C=O) groups is 2. The van der Waals surface area contributed by atoms with Gasteiger partial charge in [-0.25, -0.2) is 14.0 Å². The highest BCUT2D eigenvalue weighted by atomic mass is 19.1. The Morgan fingerprint density at radius 1 is 0.917 bits per heavy atom. The Balaban J connectivity index is 1.75. The third-order valence-corrected chi connectivity index (χ3v) is 6.20. The predicted octanol–water partition coefficient (Wildman–Crippen LogP) is 3.55. The molecule has 2 aromatic heterocycles. The summed E-state index contributed by atoms with van der Waals surface area (Å²) in [5.74, 6) is -2.28. The molecule has 0 radical (unpaired) electrons. The molecule has 0 saturated carbocycles. The van der Waals surface area contributed by atoms with E-state index in [9.17, 15) is 19.1 Å². The Kier molecular flexibility index (Phi) is 5.51. The summed E-state index contributed by atoms with van der Waals surface area (Å²) < 4.78 is 16.4. The van der Waals surface area contributed by atoms with Crippen LogP contribution in [0.4, 0.5) is 10.1 Å². The average Bonchev–Trinajstić information content (AvgIpc) is 3.25. The van der Waals surface area contributed by atoms with Gasteiger partial charge in [0, 0.05) is 17.2 Å². The molecule has 8 heteroatoms. The molecular formula is C28H23FN4O3. The summed E-state index contributed by atoms with van der Waals surface area (Å²) in [7, 11) is 0. The monoisotopic (exact) mass is 482 g/mol. The fourth-order valence-electron chi connectivity index (χ4n) is 4.54. The molecule has 36 heavy (non-hydrogen) atoms. The number of benzene rings is 2. The average molecular weight is 483 g/mol. The fraction of sp³-hybridized carbons (Fsp3) is 0.143. The highest BCUT2D eigenvalue weighted by molar-refractivity contribution is 6.53. The molecule has 0 saturated heterocycles. The van der Waals surface area contributed by atoms with Gasteiger partial charge < -0.3 is 5.11 Å². The zero-order valence-corrected chi connectivity index (χ0v) is 20.2. The number of nitrogens with zero attached hydrogens (tertiary/aromatic N) is 4. The maximum absolute atomic E-state index is 13.8. The van der Waals surface area contributed by atoms with Crippen LogP contribution in [0.3, 0.4) is 0 Å². The molecule has 0 atom stereocenters. The summed E-state index contributed by atoms with van der Waals surface area (Å²) in [5.41, 5.74) is 3.92. The number of hydrogen-bond donors (Lipinski definition) is 0. The van der Waals surface area contributed by atoms with E-state index in [2.05, 4.69) is 5.10 Å². The van der Waals surface area contributed by atoms with Gasteiger partial charge in [-0.1, -0.05) is 17.7 Å². The summed E-state index contributed by atoms with van der Waals surface area (Å²) in [6.07, 6.45) is 3.36. The number of pyridine rings is 1. The second-order valence-electron chi connectivity index (χ2n) is 8.90. The van der Waals surface area contributed by atoms with Crippen LogP contribution in [-0.2, 0) is 9.59 Å². The van der Waals surface area contributed by atoms with Crippen LogP contribution in [0.25, 0.3) is 17.0 Å². The van der Waals surface area contributed by atoms with Gasteiger partial charge in [-0.05, 0) is 75.5 Å². The van der Waals surface area contributed by atoms with Crippen LogP contribution in [0.1, 0.15) is 27.9 Å². The maximum Gasteiger partial charge on any atom is 0.331 e. The zero-order valence-electron chi connectivity index (χ0n) is 20.2. The number of aromatic nitrogens is 3. The van der Waals surface area contributed by atoms with Crippen molar-refractivity contribution in [2.75, 3.05) is 4.90 Å². The summed E-state index contributed by atoms with van der Waals surface area (Å²) in [5, 5.41) is 18.2. The normalized spacial score (nSPS) is 13.8. The Labute approximate surface area is 207 Å². The number of imide groups is 1. The van der Waals surface area contributed by atoms with Crippen molar-refractivity contribution >= 4 is 28.8 Å². The molecule has 0 fully saturated rings. The van der Waals surface area contributed by atoms with Crippen LogP contribution in [0.2, 0.25) is 0 Å². The van der Waals surface area contributed by atoms with Crippen molar-refractivity contribution in [2.24, 2.45) is 0 Å². The number of rotatable bonds is 4. The van der Waals surface area contributed by atoms with Crippen molar-refractivity contribution < 1.29 is 23.7 Å². The molecule has 1 aliphatic heterocycles. The third kappa shape index (κ3) is 3.67. The molecular weight excluding hydrogens is 459 g/mol. The van der Waals surface area contributed by atoms with Crippen molar-refractivity contribution in [3.8, 4) is 11.6 Å². The van der Waals surface area contributed by atoms with Crippen molar-refractivity contribution in [3.05, 3.63) is 101 Å². The van der Waals surface area contributed by atoms with Crippen LogP contribution in [-0.4, -0.2) is 21.6 Å². The standard InChI is InChI=1S/C28H23FN4O3/c1-16-7-12-22(18(3)14-16)33-27(35)23(19(4)30-33)24-25(31-13-5-6-17(2)15-31)28(36)32(26(24)34)21-10-8-20(29)9-11-21/h5-15H,1-4H3. The summed E-state index contributed by atoms with van der Waals surface area (Å²) in [4.78, 5) is 28.5. The first-order valence-electron chi connectivity index (χ1n) is 11.4. The van der Waals surface area contributed by atoms with E-state index in [1.165, 1.54) is 28.9 Å². The van der Waals surface area contributed by atoms with E-state index in [-0.39, 0.29) is 22.5 Å². The molecule has 5 rings (SSSR count). The Morgan fingerprint density at radius 3 is 2.31 bits per heavy atom. The minimum Gasteiger partial charge on any atom is -0.858 e. The minimum absolute atomic E-state index is 0.0356. The molecule has 3 heterocycles. The largest absolute Gasteiger partial charge is 0.858 e.